The minimum Gasteiger partial charge on any atom is -0.299 e. The zero-order valence-corrected chi connectivity index (χ0v) is 18.6. The molecule has 1 unspecified atom stereocenters. The number of carbonyl (C=O) groups excluding carboxylic acids is 1. The molecule has 150 valence electrons. The summed E-state index contributed by atoms with van der Waals surface area (Å²) < 4.78 is 0. The molecule has 2 rings (SSSR count). The normalized spacial score (nSPS) is 12.9. The molecule has 1 heteroatoms. The maximum Gasteiger partial charge on any atom is 0.140 e. The predicted octanol–water partition coefficient (Wildman–Crippen LogP) is 7.06. The summed E-state index contributed by atoms with van der Waals surface area (Å²) in [5.41, 5.74) is 8.86. The number of carbonyl (C=O) groups is 1. The monoisotopic (exact) mass is 376 g/mol. The van der Waals surface area contributed by atoms with Gasteiger partial charge in [0.1, 0.15) is 5.78 Å². The van der Waals surface area contributed by atoms with E-state index in [0.29, 0.717) is 12.2 Å². The molecule has 0 spiro atoms. The average molecular weight is 377 g/mol. The Balaban J connectivity index is 2.14. The molecule has 0 radical (unpaired) electrons. The molecular weight excluding hydrogens is 340 g/mol. The molecule has 0 bridgehead atoms. The van der Waals surface area contributed by atoms with Crippen LogP contribution in [-0.2, 0) is 24.1 Å². The van der Waals surface area contributed by atoms with Crippen LogP contribution in [0.4, 0.5) is 0 Å². The van der Waals surface area contributed by atoms with E-state index < -0.39 is 0 Å². The van der Waals surface area contributed by atoms with Gasteiger partial charge >= 0.3 is 0 Å². The number of aryl methyl sites for hydroxylation is 3. The number of rotatable bonds is 9. The summed E-state index contributed by atoms with van der Waals surface area (Å²) in [7, 11) is 0. The predicted molar refractivity (Wildman–Crippen MR) is 122 cm³/mol. The number of unbranched alkanes of at least 4 members (excludes halogenated alkanes) is 1. The molecule has 0 aromatic heterocycles. The fraction of sp³-hybridized carbons (Fsp3) is 0.444. The third-order valence-corrected chi connectivity index (χ3v) is 5.80. The van der Waals surface area contributed by atoms with Gasteiger partial charge in [0.05, 0.1) is 0 Å². The van der Waals surface area contributed by atoms with E-state index in [1.165, 1.54) is 51.8 Å². The second-order valence-electron chi connectivity index (χ2n) is 8.24. The van der Waals surface area contributed by atoms with Crippen molar-refractivity contribution in [1.29, 1.82) is 0 Å². The van der Waals surface area contributed by atoms with Crippen LogP contribution in [0.5, 0.6) is 0 Å². The first-order valence-corrected chi connectivity index (χ1v) is 10.7. The van der Waals surface area contributed by atoms with E-state index in [-0.39, 0.29) is 5.92 Å². The summed E-state index contributed by atoms with van der Waals surface area (Å²) in [6, 6.07) is 13.2. The number of benzene rings is 2. The van der Waals surface area contributed by atoms with Gasteiger partial charge in [-0.2, -0.15) is 0 Å². The fourth-order valence-electron chi connectivity index (χ4n) is 3.65. The van der Waals surface area contributed by atoms with Gasteiger partial charge in [0, 0.05) is 12.3 Å². The lowest BCUT2D eigenvalue weighted by Gasteiger charge is -2.16. The Bertz CT molecular complexity index is 841. The van der Waals surface area contributed by atoms with Crippen LogP contribution >= 0.6 is 0 Å². The van der Waals surface area contributed by atoms with Crippen molar-refractivity contribution in [3.8, 4) is 0 Å². The molecule has 0 N–H and O–H groups in total. The van der Waals surface area contributed by atoms with Crippen LogP contribution in [0, 0.1) is 19.8 Å². The highest BCUT2D eigenvalue weighted by Crippen LogP contribution is 2.24. The third-order valence-electron chi connectivity index (χ3n) is 5.80. The summed E-state index contributed by atoms with van der Waals surface area (Å²) in [4.78, 5) is 13.0. The lowest BCUT2D eigenvalue weighted by molar-refractivity contribution is -0.121. The van der Waals surface area contributed by atoms with Crippen LogP contribution in [0.3, 0.4) is 0 Å². The van der Waals surface area contributed by atoms with E-state index >= 15 is 0 Å². The Hall–Kier alpha value is -2.15. The Morgan fingerprint density at radius 1 is 1.07 bits per heavy atom. The molecule has 0 aliphatic rings. The van der Waals surface area contributed by atoms with Gasteiger partial charge in [0.25, 0.3) is 0 Å². The first-order valence-electron chi connectivity index (χ1n) is 10.7. The van der Waals surface area contributed by atoms with Gasteiger partial charge in [0.2, 0.25) is 0 Å². The Labute approximate surface area is 171 Å². The van der Waals surface area contributed by atoms with E-state index in [9.17, 15) is 4.79 Å². The van der Waals surface area contributed by atoms with Crippen molar-refractivity contribution in [2.45, 2.75) is 73.6 Å². The molecule has 0 amide bonds. The Morgan fingerprint density at radius 3 is 2.50 bits per heavy atom. The van der Waals surface area contributed by atoms with Crippen LogP contribution < -0.4 is 0 Å². The summed E-state index contributed by atoms with van der Waals surface area (Å²) in [6.07, 6.45) is 6.99. The van der Waals surface area contributed by atoms with Gasteiger partial charge in [-0.3, -0.25) is 4.79 Å². The maximum atomic E-state index is 13.0. The molecule has 0 aliphatic heterocycles. The van der Waals surface area contributed by atoms with Crippen molar-refractivity contribution in [3.05, 3.63) is 75.9 Å². The third kappa shape index (κ3) is 5.92. The highest BCUT2D eigenvalue weighted by atomic mass is 16.1. The number of hydrogen-bond donors (Lipinski definition) is 0. The van der Waals surface area contributed by atoms with Crippen LogP contribution in [0.15, 0.2) is 42.5 Å². The van der Waals surface area contributed by atoms with Crippen molar-refractivity contribution >= 4 is 11.4 Å². The molecule has 0 saturated heterocycles. The minimum atomic E-state index is 0.0183. The number of hydrogen-bond acceptors (Lipinski definition) is 1. The van der Waals surface area contributed by atoms with Crippen molar-refractivity contribution in [1.82, 2.24) is 0 Å². The van der Waals surface area contributed by atoms with Crippen molar-refractivity contribution in [3.63, 3.8) is 0 Å². The molecule has 0 fully saturated rings. The minimum absolute atomic E-state index is 0.0183. The highest BCUT2D eigenvalue weighted by Gasteiger charge is 2.17. The molecule has 1 atom stereocenters. The quantitative estimate of drug-likeness (QED) is 0.458. The molecule has 0 saturated carbocycles. The van der Waals surface area contributed by atoms with Gasteiger partial charge < -0.3 is 0 Å². The molecule has 0 heterocycles. The van der Waals surface area contributed by atoms with E-state index in [4.69, 9.17) is 0 Å². The molecule has 2 aromatic rings. The van der Waals surface area contributed by atoms with Gasteiger partial charge in [-0.25, -0.2) is 0 Å². The van der Waals surface area contributed by atoms with Crippen molar-refractivity contribution in [2.24, 2.45) is 5.92 Å². The summed E-state index contributed by atoms with van der Waals surface area (Å²) in [5.74, 6) is 0.352. The zero-order chi connectivity index (χ0) is 20.7. The lowest BCUT2D eigenvalue weighted by atomic mass is 9.87. The van der Waals surface area contributed by atoms with Crippen LogP contribution in [0.25, 0.3) is 5.57 Å². The Morgan fingerprint density at radius 2 is 1.82 bits per heavy atom. The first-order chi connectivity index (χ1) is 13.3. The fourth-order valence-corrected chi connectivity index (χ4v) is 3.65. The van der Waals surface area contributed by atoms with E-state index in [2.05, 4.69) is 84.0 Å². The molecule has 2 aromatic carbocycles. The zero-order valence-electron chi connectivity index (χ0n) is 18.6. The van der Waals surface area contributed by atoms with Gasteiger partial charge in [-0.1, -0.05) is 68.3 Å². The number of ketones is 1. The molecule has 0 aliphatic carbocycles. The number of Topliss-reactive ketones (excluding diaryl/α,β-unsaturated/α-hetero) is 1. The summed E-state index contributed by atoms with van der Waals surface area (Å²) in [5, 5.41) is 0. The number of allylic oxidation sites excluding steroid dienone is 2. The SMILES string of the molecule is C/C=C(/C)c1cc(C)ccc1CC(C)C(=O)Cc1cc(CCCC)ccc1C. The van der Waals surface area contributed by atoms with E-state index in [0.717, 1.165) is 12.8 Å². The van der Waals surface area contributed by atoms with Gasteiger partial charge in [0.15, 0.2) is 0 Å². The van der Waals surface area contributed by atoms with Crippen molar-refractivity contribution in [2.75, 3.05) is 0 Å². The lowest BCUT2D eigenvalue weighted by Crippen LogP contribution is -2.17. The van der Waals surface area contributed by atoms with E-state index in [1.54, 1.807) is 0 Å². The average Bonchev–Trinajstić information content (AvgIpc) is 2.69. The highest BCUT2D eigenvalue weighted by molar-refractivity contribution is 5.84. The molecule has 28 heavy (non-hydrogen) atoms. The summed E-state index contributed by atoms with van der Waals surface area (Å²) in [6.45, 7) is 12.8. The second kappa shape index (κ2) is 10.4. The van der Waals surface area contributed by atoms with Gasteiger partial charge in [-0.05, 0) is 80.3 Å². The first kappa shape index (κ1) is 22.1. The summed E-state index contributed by atoms with van der Waals surface area (Å²) >= 11 is 0. The van der Waals surface area contributed by atoms with Crippen LogP contribution in [0.1, 0.15) is 73.9 Å². The Kier molecular flexibility index (Phi) is 8.23. The van der Waals surface area contributed by atoms with Crippen LogP contribution in [-0.4, -0.2) is 5.78 Å². The molecule has 1 nitrogen and oxygen atoms in total. The van der Waals surface area contributed by atoms with Crippen LogP contribution in [0.2, 0.25) is 0 Å². The van der Waals surface area contributed by atoms with Crippen molar-refractivity contribution < 1.29 is 4.79 Å². The van der Waals surface area contributed by atoms with Gasteiger partial charge in [-0.15, -0.1) is 0 Å². The van der Waals surface area contributed by atoms with E-state index in [1.807, 2.05) is 0 Å². The largest absolute Gasteiger partial charge is 0.299 e. The smallest absolute Gasteiger partial charge is 0.140 e. The maximum absolute atomic E-state index is 13.0. The second-order valence-corrected chi connectivity index (χ2v) is 8.24. The molecular formula is C27H36O. The standard InChI is InChI=1S/C27H36O/c1-7-9-10-23-13-12-21(5)25(17-23)18-27(28)22(6)16-24-14-11-19(3)15-26(24)20(4)8-2/h8,11-15,17,22H,7,9-10,16,18H2,1-6H3/b20-8-. The topological polar surface area (TPSA) is 17.1 Å².